The van der Waals surface area contributed by atoms with Crippen LogP contribution in [0, 0.1) is 0 Å². The number of fused-ring (bicyclic) bond motifs is 2. The Morgan fingerprint density at radius 1 is 1.17 bits per heavy atom. The van der Waals surface area contributed by atoms with Gasteiger partial charge in [-0.2, -0.15) is 5.06 Å². The Hall–Kier alpha value is -2.77. The van der Waals surface area contributed by atoms with Crippen LogP contribution in [0.3, 0.4) is 0 Å². The highest BCUT2D eigenvalue weighted by atomic mass is 17.3. The summed E-state index contributed by atoms with van der Waals surface area (Å²) in [6, 6.07) is 12.7. The summed E-state index contributed by atoms with van der Waals surface area (Å²) < 4.78 is 4.75. The first-order valence-corrected chi connectivity index (χ1v) is 7.04. The smallest absolute Gasteiger partial charge is 0.337 e. The lowest BCUT2D eigenvalue weighted by molar-refractivity contribution is -0.225. The highest BCUT2D eigenvalue weighted by Crippen LogP contribution is 2.45. The standard InChI is InChI=1S/C16H14N2O5/c1-17-13-9-10(16(19)20-2)7-8-11(13)15(21-17)18-12-5-3-4-6-14(12)22-23-18/h3-9,15H,1-2H3. The van der Waals surface area contributed by atoms with E-state index in [9.17, 15) is 4.79 Å². The van der Waals surface area contributed by atoms with Crippen LogP contribution < -0.4 is 15.0 Å². The molecule has 0 radical (unpaired) electrons. The number of hydrogen-bond acceptors (Lipinski definition) is 7. The Kier molecular flexibility index (Phi) is 3.10. The summed E-state index contributed by atoms with van der Waals surface area (Å²) >= 11 is 0. The van der Waals surface area contributed by atoms with Crippen LogP contribution in [0.25, 0.3) is 0 Å². The van der Waals surface area contributed by atoms with Crippen molar-refractivity contribution in [3.63, 3.8) is 0 Å². The summed E-state index contributed by atoms with van der Waals surface area (Å²) in [5.74, 6) is 0.231. The second-order valence-electron chi connectivity index (χ2n) is 5.17. The number of methoxy groups -OCH3 is 1. The van der Waals surface area contributed by atoms with Crippen molar-refractivity contribution in [3.05, 3.63) is 53.6 Å². The number of carbonyl (C=O) groups excluding carboxylic acids is 1. The summed E-state index contributed by atoms with van der Waals surface area (Å²) in [6.07, 6.45) is -0.509. The first-order chi connectivity index (χ1) is 11.2. The van der Waals surface area contributed by atoms with Gasteiger partial charge in [0.25, 0.3) is 0 Å². The molecule has 0 saturated heterocycles. The van der Waals surface area contributed by atoms with E-state index in [0.29, 0.717) is 11.3 Å². The molecule has 7 heteroatoms. The molecule has 0 fully saturated rings. The number of benzene rings is 2. The second kappa shape index (κ2) is 5.15. The number of nitrogens with zero attached hydrogens (tertiary/aromatic N) is 2. The van der Waals surface area contributed by atoms with Crippen LogP contribution in [0.2, 0.25) is 0 Å². The number of hydroxylamine groups is 2. The predicted octanol–water partition coefficient (Wildman–Crippen LogP) is 2.60. The molecule has 4 rings (SSSR count). The Labute approximate surface area is 132 Å². The molecule has 1 unspecified atom stereocenters. The molecule has 0 spiro atoms. The van der Waals surface area contributed by atoms with E-state index in [2.05, 4.69) is 0 Å². The maximum atomic E-state index is 11.7. The molecule has 2 heterocycles. The Morgan fingerprint density at radius 2 is 2.00 bits per heavy atom. The van der Waals surface area contributed by atoms with Gasteiger partial charge in [0, 0.05) is 12.6 Å². The van der Waals surface area contributed by atoms with Gasteiger partial charge in [-0.3, -0.25) is 5.06 Å². The minimum absolute atomic E-state index is 0.393. The number of para-hydroxylation sites is 2. The fourth-order valence-corrected chi connectivity index (χ4v) is 2.70. The van der Waals surface area contributed by atoms with Gasteiger partial charge in [-0.05, 0) is 24.3 Å². The highest BCUT2D eigenvalue weighted by molar-refractivity contribution is 5.91. The number of anilines is 2. The normalized spacial score (nSPS) is 18.4. The zero-order valence-corrected chi connectivity index (χ0v) is 12.6. The molecule has 0 N–H and O–H groups in total. The zero-order valence-electron chi connectivity index (χ0n) is 12.6. The summed E-state index contributed by atoms with van der Waals surface area (Å²) in [4.78, 5) is 28.0. The Balaban J connectivity index is 1.71. The van der Waals surface area contributed by atoms with Crippen molar-refractivity contribution in [2.45, 2.75) is 6.23 Å². The van der Waals surface area contributed by atoms with Crippen LogP contribution in [0.4, 0.5) is 11.4 Å². The minimum atomic E-state index is -0.509. The van der Waals surface area contributed by atoms with Gasteiger partial charge in [-0.15, -0.1) is 0 Å². The fourth-order valence-electron chi connectivity index (χ4n) is 2.70. The summed E-state index contributed by atoms with van der Waals surface area (Å²) in [6.45, 7) is 0. The molecule has 2 aromatic rings. The summed E-state index contributed by atoms with van der Waals surface area (Å²) in [5.41, 5.74) is 2.86. The predicted molar refractivity (Wildman–Crippen MR) is 80.6 cm³/mol. The monoisotopic (exact) mass is 314 g/mol. The van der Waals surface area contributed by atoms with Gasteiger partial charge in [0.1, 0.15) is 5.69 Å². The molecular formula is C16H14N2O5. The van der Waals surface area contributed by atoms with Crippen molar-refractivity contribution in [1.29, 1.82) is 0 Å². The lowest BCUT2D eigenvalue weighted by Gasteiger charge is -2.21. The molecule has 0 aromatic heterocycles. The van der Waals surface area contributed by atoms with Crippen molar-refractivity contribution in [2.75, 3.05) is 24.3 Å². The van der Waals surface area contributed by atoms with Crippen molar-refractivity contribution < 1.29 is 24.2 Å². The zero-order chi connectivity index (χ0) is 16.0. The van der Waals surface area contributed by atoms with E-state index < -0.39 is 12.2 Å². The van der Waals surface area contributed by atoms with Gasteiger partial charge in [0.2, 0.25) is 6.23 Å². The van der Waals surface area contributed by atoms with Gasteiger partial charge < -0.3 is 9.62 Å². The van der Waals surface area contributed by atoms with Crippen molar-refractivity contribution in [1.82, 2.24) is 0 Å². The third-order valence-corrected chi connectivity index (χ3v) is 3.84. The van der Waals surface area contributed by atoms with Crippen molar-refractivity contribution >= 4 is 17.3 Å². The molecule has 0 bridgehead atoms. The largest absolute Gasteiger partial charge is 0.465 e. The third-order valence-electron chi connectivity index (χ3n) is 3.84. The first kappa shape index (κ1) is 13.9. The Morgan fingerprint density at radius 3 is 2.83 bits per heavy atom. The molecule has 118 valence electrons. The number of rotatable bonds is 2. The molecule has 0 aliphatic carbocycles. The van der Waals surface area contributed by atoms with Crippen LogP contribution in [0.5, 0.6) is 5.75 Å². The fraction of sp³-hybridized carbons (Fsp3) is 0.188. The topological polar surface area (TPSA) is 60.5 Å². The van der Waals surface area contributed by atoms with Crippen molar-refractivity contribution in [2.24, 2.45) is 0 Å². The van der Waals surface area contributed by atoms with E-state index in [0.717, 1.165) is 16.9 Å². The lowest BCUT2D eigenvalue weighted by Crippen LogP contribution is -2.27. The van der Waals surface area contributed by atoms with Crippen LogP contribution in [0.1, 0.15) is 22.1 Å². The quantitative estimate of drug-likeness (QED) is 0.623. The SMILES string of the molecule is COC(=O)c1ccc2c(c1)N(C)OC2N1OOc2ccccc21. The lowest BCUT2D eigenvalue weighted by atomic mass is 10.1. The summed E-state index contributed by atoms with van der Waals surface area (Å²) in [7, 11) is 3.12. The average Bonchev–Trinajstić information content (AvgIpc) is 3.15. The average molecular weight is 314 g/mol. The van der Waals surface area contributed by atoms with Gasteiger partial charge in [0.15, 0.2) is 5.75 Å². The van der Waals surface area contributed by atoms with Gasteiger partial charge in [0.05, 0.1) is 18.4 Å². The van der Waals surface area contributed by atoms with Crippen LogP contribution >= 0.6 is 0 Å². The third kappa shape index (κ3) is 2.09. The van der Waals surface area contributed by atoms with Crippen molar-refractivity contribution in [3.8, 4) is 5.75 Å². The number of carbonyl (C=O) groups is 1. The van der Waals surface area contributed by atoms with E-state index in [1.807, 2.05) is 30.3 Å². The van der Waals surface area contributed by atoms with E-state index in [1.165, 1.54) is 7.11 Å². The molecule has 1 atom stereocenters. The van der Waals surface area contributed by atoms with Crippen LogP contribution in [0.15, 0.2) is 42.5 Å². The van der Waals surface area contributed by atoms with Gasteiger partial charge in [-0.25, -0.2) is 9.63 Å². The van der Waals surface area contributed by atoms with Crippen LogP contribution in [-0.2, 0) is 14.6 Å². The van der Waals surface area contributed by atoms with E-state index in [-0.39, 0.29) is 0 Å². The Bertz CT molecular complexity index is 779. The molecule has 23 heavy (non-hydrogen) atoms. The summed E-state index contributed by atoms with van der Waals surface area (Å²) in [5, 5.41) is 3.15. The van der Waals surface area contributed by atoms with E-state index in [4.69, 9.17) is 19.5 Å². The molecule has 7 nitrogen and oxygen atoms in total. The van der Waals surface area contributed by atoms with E-state index in [1.54, 1.807) is 29.3 Å². The van der Waals surface area contributed by atoms with E-state index >= 15 is 0 Å². The van der Waals surface area contributed by atoms with Gasteiger partial charge in [-0.1, -0.05) is 23.2 Å². The molecule has 2 aliphatic heterocycles. The molecule has 0 amide bonds. The number of esters is 1. The molecular weight excluding hydrogens is 300 g/mol. The number of ether oxygens (including phenoxy) is 1. The molecule has 0 saturated carbocycles. The maximum Gasteiger partial charge on any atom is 0.337 e. The number of hydrogen-bond donors (Lipinski definition) is 0. The molecule has 2 aromatic carbocycles. The molecule has 2 aliphatic rings. The second-order valence-corrected chi connectivity index (χ2v) is 5.17. The highest BCUT2D eigenvalue weighted by Gasteiger charge is 2.39. The maximum absolute atomic E-state index is 11.7. The van der Waals surface area contributed by atoms with Gasteiger partial charge >= 0.3 is 5.97 Å². The van der Waals surface area contributed by atoms with Crippen LogP contribution in [-0.4, -0.2) is 20.1 Å². The first-order valence-electron chi connectivity index (χ1n) is 7.04. The minimum Gasteiger partial charge on any atom is -0.465 e.